The standard InChI is InChI=1S/C19H29N3O/c1-15-7-6-8-17(16(15)2)21-18(23)13-22-12-11-20-14-19(22)9-4-3-5-10-19/h6-8,20H,3-5,9-14H2,1-2H3,(H,21,23). The summed E-state index contributed by atoms with van der Waals surface area (Å²) in [4.78, 5) is 15.0. The highest BCUT2D eigenvalue weighted by Crippen LogP contribution is 2.34. The lowest BCUT2D eigenvalue weighted by atomic mass is 9.79. The molecular weight excluding hydrogens is 286 g/mol. The van der Waals surface area contributed by atoms with Crippen LogP contribution in [0.2, 0.25) is 0 Å². The fourth-order valence-corrected chi connectivity index (χ4v) is 4.08. The zero-order valence-corrected chi connectivity index (χ0v) is 14.5. The second kappa shape index (κ2) is 7.02. The van der Waals surface area contributed by atoms with E-state index >= 15 is 0 Å². The number of anilines is 1. The highest BCUT2D eigenvalue weighted by Gasteiger charge is 2.40. The Kier molecular flexibility index (Phi) is 5.02. The molecule has 1 aliphatic heterocycles. The minimum atomic E-state index is 0.116. The van der Waals surface area contributed by atoms with Crippen LogP contribution in [0.5, 0.6) is 0 Å². The van der Waals surface area contributed by atoms with Crippen LogP contribution in [0.15, 0.2) is 18.2 Å². The van der Waals surface area contributed by atoms with E-state index in [0.29, 0.717) is 6.54 Å². The lowest BCUT2D eigenvalue weighted by Gasteiger charge is -2.49. The fourth-order valence-electron chi connectivity index (χ4n) is 4.08. The molecule has 0 unspecified atom stereocenters. The van der Waals surface area contributed by atoms with Crippen molar-refractivity contribution in [3.63, 3.8) is 0 Å². The molecule has 0 atom stereocenters. The molecule has 23 heavy (non-hydrogen) atoms. The average molecular weight is 315 g/mol. The second-order valence-electron chi connectivity index (χ2n) is 7.18. The maximum absolute atomic E-state index is 12.6. The Labute approximate surface area is 139 Å². The Morgan fingerprint density at radius 3 is 2.83 bits per heavy atom. The first kappa shape index (κ1) is 16.5. The molecule has 1 spiro atoms. The van der Waals surface area contributed by atoms with Gasteiger partial charge < -0.3 is 10.6 Å². The molecule has 1 saturated carbocycles. The second-order valence-corrected chi connectivity index (χ2v) is 7.18. The van der Waals surface area contributed by atoms with Crippen LogP contribution in [-0.4, -0.2) is 42.5 Å². The number of benzene rings is 1. The SMILES string of the molecule is Cc1cccc(NC(=O)CN2CCNCC23CCCCC3)c1C. The number of hydrogen-bond acceptors (Lipinski definition) is 3. The molecule has 2 fully saturated rings. The molecule has 1 heterocycles. The first-order chi connectivity index (χ1) is 11.1. The van der Waals surface area contributed by atoms with Crippen LogP contribution >= 0.6 is 0 Å². The van der Waals surface area contributed by atoms with Crippen LogP contribution in [0.1, 0.15) is 43.2 Å². The van der Waals surface area contributed by atoms with Gasteiger partial charge in [-0.15, -0.1) is 0 Å². The van der Waals surface area contributed by atoms with Crippen molar-refractivity contribution in [1.82, 2.24) is 10.2 Å². The predicted molar refractivity (Wildman–Crippen MR) is 94.8 cm³/mol. The summed E-state index contributed by atoms with van der Waals surface area (Å²) in [6.07, 6.45) is 6.35. The third-order valence-electron chi connectivity index (χ3n) is 5.68. The number of piperazine rings is 1. The van der Waals surface area contributed by atoms with E-state index in [4.69, 9.17) is 0 Å². The first-order valence-corrected chi connectivity index (χ1v) is 8.93. The molecule has 126 valence electrons. The van der Waals surface area contributed by atoms with E-state index in [9.17, 15) is 4.79 Å². The monoisotopic (exact) mass is 315 g/mol. The van der Waals surface area contributed by atoms with Crippen molar-refractivity contribution in [2.75, 3.05) is 31.5 Å². The van der Waals surface area contributed by atoms with E-state index in [1.165, 1.54) is 37.7 Å². The molecule has 1 aliphatic carbocycles. The summed E-state index contributed by atoms with van der Waals surface area (Å²) >= 11 is 0. The molecule has 1 aromatic rings. The van der Waals surface area contributed by atoms with Crippen LogP contribution in [0.4, 0.5) is 5.69 Å². The Balaban J connectivity index is 1.67. The summed E-state index contributed by atoms with van der Waals surface area (Å²) in [7, 11) is 0. The Bertz CT molecular complexity index is 555. The molecular formula is C19H29N3O. The summed E-state index contributed by atoms with van der Waals surface area (Å²) in [6, 6.07) is 6.08. The van der Waals surface area contributed by atoms with E-state index in [1.54, 1.807) is 0 Å². The van der Waals surface area contributed by atoms with E-state index in [2.05, 4.69) is 35.4 Å². The number of aryl methyl sites for hydroxylation is 1. The summed E-state index contributed by atoms with van der Waals surface area (Å²) in [6.45, 7) is 7.65. The number of carbonyl (C=O) groups excluding carboxylic acids is 1. The summed E-state index contributed by atoms with van der Waals surface area (Å²) in [5.41, 5.74) is 3.53. The van der Waals surface area contributed by atoms with Gasteiger partial charge in [-0.2, -0.15) is 0 Å². The molecule has 1 amide bonds. The number of nitrogens with zero attached hydrogens (tertiary/aromatic N) is 1. The molecule has 0 aromatic heterocycles. The average Bonchev–Trinajstić information content (AvgIpc) is 2.55. The van der Waals surface area contributed by atoms with Gasteiger partial charge in [-0.3, -0.25) is 9.69 Å². The highest BCUT2D eigenvalue weighted by molar-refractivity contribution is 5.93. The van der Waals surface area contributed by atoms with Crippen molar-refractivity contribution in [1.29, 1.82) is 0 Å². The summed E-state index contributed by atoms with van der Waals surface area (Å²) < 4.78 is 0. The minimum Gasteiger partial charge on any atom is -0.325 e. The lowest BCUT2D eigenvalue weighted by molar-refractivity contribution is -0.120. The van der Waals surface area contributed by atoms with Crippen LogP contribution < -0.4 is 10.6 Å². The molecule has 2 aliphatic rings. The lowest BCUT2D eigenvalue weighted by Crippen LogP contribution is -2.63. The van der Waals surface area contributed by atoms with Gasteiger partial charge in [0, 0.05) is 30.9 Å². The van der Waals surface area contributed by atoms with Crippen LogP contribution in [0.25, 0.3) is 0 Å². The van der Waals surface area contributed by atoms with Gasteiger partial charge in [0.1, 0.15) is 0 Å². The Morgan fingerprint density at radius 1 is 1.26 bits per heavy atom. The smallest absolute Gasteiger partial charge is 0.238 e. The Morgan fingerprint density at radius 2 is 2.04 bits per heavy atom. The molecule has 4 heteroatoms. The molecule has 4 nitrogen and oxygen atoms in total. The minimum absolute atomic E-state index is 0.116. The van der Waals surface area contributed by atoms with Gasteiger partial charge in [0.25, 0.3) is 0 Å². The highest BCUT2D eigenvalue weighted by atomic mass is 16.2. The quantitative estimate of drug-likeness (QED) is 0.901. The maximum atomic E-state index is 12.6. The van der Waals surface area contributed by atoms with Crippen molar-refractivity contribution < 1.29 is 4.79 Å². The van der Waals surface area contributed by atoms with Gasteiger partial charge in [0.15, 0.2) is 0 Å². The van der Waals surface area contributed by atoms with Crippen LogP contribution in [0, 0.1) is 13.8 Å². The molecule has 1 saturated heterocycles. The van der Waals surface area contributed by atoms with E-state index < -0.39 is 0 Å². The van der Waals surface area contributed by atoms with Crippen LogP contribution in [-0.2, 0) is 4.79 Å². The van der Waals surface area contributed by atoms with Crippen molar-refractivity contribution in [2.45, 2.75) is 51.5 Å². The number of hydrogen-bond donors (Lipinski definition) is 2. The van der Waals surface area contributed by atoms with Crippen molar-refractivity contribution >= 4 is 11.6 Å². The molecule has 1 aromatic carbocycles. The number of nitrogens with one attached hydrogen (secondary N) is 2. The maximum Gasteiger partial charge on any atom is 0.238 e. The molecule has 3 rings (SSSR count). The Hall–Kier alpha value is -1.39. The zero-order valence-electron chi connectivity index (χ0n) is 14.5. The molecule has 2 N–H and O–H groups in total. The van der Waals surface area contributed by atoms with Gasteiger partial charge in [0.2, 0.25) is 5.91 Å². The largest absolute Gasteiger partial charge is 0.325 e. The van der Waals surface area contributed by atoms with E-state index in [0.717, 1.165) is 30.9 Å². The van der Waals surface area contributed by atoms with E-state index in [1.807, 2.05) is 12.1 Å². The topological polar surface area (TPSA) is 44.4 Å². The van der Waals surface area contributed by atoms with Gasteiger partial charge in [-0.05, 0) is 43.9 Å². The van der Waals surface area contributed by atoms with Crippen molar-refractivity contribution in [3.8, 4) is 0 Å². The van der Waals surface area contributed by atoms with Gasteiger partial charge >= 0.3 is 0 Å². The van der Waals surface area contributed by atoms with Gasteiger partial charge in [0.05, 0.1) is 6.54 Å². The fraction of sp³-hybridized carbons (Fsp3) is 0.632. The summed E-state index contributed by atoms with van der Waals surface area (Å²) in [5.74, 6) is 0.116. The number of rotatable bonds is 3. The number of carbonyl (C=O) groups is 1. The third kappa shape index (κ3) is 3.59. The summed E-state index contributed by atoms with van der Waals surface area (Å²) in [5, 5.41) is 6.66. The zero-order chi connectivity index (χ0) is 16.3. The van der Waals surface area contributed by atoms with E-state index in [-0.39, 0.29) is 11.4 Å². The predicted octanol–water partition coefficient (Wildman–Crippen LogP) is 2.85. The normalized spacial score (nSPS) is 21.3. The third-order valence-corrected chi connectivity index (χ3v) is 5.68. The van der Waals surface area contributed by atoms with Crippen molar-refractivity contribution in [3.05, 3.63) is 29.3 Å². The first-order valence-electron chi connectivity index (χ1n) is 8.93. The van der Waals surface area contributed by atoms with Gasteiger partial charge in [-0.1, -0.05) is 31.4 Å². The molecule has 0 bridgehead atoms. The van der Waals surface area contributed by atoms with Crippen LogP contribution in [0.3, 0.4) is 0 Å². The molecule has 0 radical (unpaired) electrons. The van der Waals surface area contributed by atoms with Crippen molar-refractivity contribution in [2.24, 2.45) is 0 Å². The van der Waals surface area contributed by atoms with Gasteiger partial charge in [-0.25, -0.2) is 0 Å². The number of amides is 1.